The van der Waals surface area contributed by atoms with Gasteiger partial charge in [-0.25, -0.2) is 0 Å². The molecule has 1 aromatic heterocycles. The lowest BCUT2D eigenvalue weighted by Gasteiger charge is -2.44. The minimum Gasteiger partial charge on any atom is -0.497 e. The van der Waals surface area contributed by atoms with Gasteiger partial charge in [0, 0.05) is 61.5 Å². The molecule has 8 heteroatoms. The van der Waals surface area contributed by atoms with E-state index in [0.717, 1.165) is 37.3 Å². The molecule has 228 valence electrons. The number of nitrogens with one attached hydrogen (secondary N) is 1. The summed E-state index contributed by atoms with van der Waals surface area (Å²) in [7, 11) is 1.59. The fourth-order valence-corrected chi connectivity index (χ4v) is 7.03. The predicted molar refractivity (Wildman–Crippen MR) is 176 cm³/mol. The lowest BCUT2D eigenvalue weighted by Crippen LogP contribution is -2.47. The Morgan fingerprint density at radius 3 is 2.42 bits per heavy atom. The lowest BCUT2D eigenvalue weighted by atomic mass is 9.83. The number of methoxy groups -OCH3 is 1. The van der Waals surface area contributed by atoms with E-state index in [-0.39, 0.29) is 23.3 Å². The fraction of sp³-hybridized carbons (Fsp3) is 0.270. The molecule has 0 radical (unpaired) electrons. The first kappa shape index (κ1) is 28.6. The van der Waals surface area contributed by atoms with Crippen molar-refractivity contribution in [2.24, 2.45) is 5.92 Å². The molecule has 0 saturated carbocycles. The van der Waals surface area contributed by atoms with Crippen molar-refractivity contribution < 1.29 is 14.3 Å². The summed E-state index contributed by atoms with van der Waals surface area (Å²) in [5.41, 5.74) is 6.07. The van der Waals surface area contributed by atoms with Crippen LogP contribution in [0.1, 0.15) is 50.7 Å². The quantitative estimate of drug-likeness (QED) is 0.309. The third kappa shape index (κ3) is 5.76. The minimum atomic E-state index is -0.258. The monoisotopic (exact) mass is 600 g/mol. The molecule has 3 aromatic carbocycles. The Kier molecular flexibility index (Phi) is 7.71. The molecule has 1 saturated heterocycles. The van der Waals surface area contributed by atoms with Crippen LogP contribution in [-0.2, 0) is 6.54 Å². The molecule has 3 aliphatic rings. The van der Waals surface area contributed by atoms with Crippen LogP contribution in [0.2, 0.25) is 0 Å². The smallest absolute Gasteiger partial charge is 0.255 e. The molecule has 2 atom stereocenters. The van der Waals surface area contributed by atoms with Gasteiger partial charge in [-0.3, -0.25) is 14.4 Å². The van der Waals surface area contributed by atoms with Crippen molar-refractivity contribution in [2.45, 2.75) is 25.3 Å². The summed E-state index contributed by atoms with van der Waals surface area (Å²) in [6.45, 7) is 3.32. The number of carbonyl (C=O) groups excluding carboxylic acids is 2. The van der Waals surface area contributed by atoms with Crippen molar-refractivity contribution in [3.8, 4) is 5.75 Å². The molecule has 1 fully saturated rings. The Bertz CT molecular complexity index is 1830. The highest BCUT2D eigenvalue weighted by molar-refractivity contribution is 6.07. The Morgan fingerprint density at radius 2 is 1.67 bits per heavy atom. The molecule has 0 aliphatic carbocycles. The number of benzene rings is 3. The second-order valence-electron chi connectivity index (χ2n) is 12.1. The molecule has 8 nitrogen and oxygen atoms in total. The van der Waals surface area contributed by atoms with Gasteiger partial charge in [0.15, 0.2) is 0 Å². The van der Waals surface area contributed by atoms with Gasteiger partial charge in [0.25, 0.3) is 17.4 Å². The van der Waals surface area contributed by atoms with E-state index < -0.39 is 0 Å². The number of amides is 2. The van der Waals surface area contributed by atoms with Crippen molar-refractivity contribution >= 4 is 28.8 Å². The SMILES string of the molecule is COc1ccc(C(=O)Nc2cc(C(=O)N3CC=C(c4ccccc4)CC3)ccc2N2C[C@H]3C[C@@H](C2)c2cccc(=O)n2C3)cc1. The zero-order valence-electron chi connectivity index (χ0n) is 25.3. The molecule has 3 aliphatic heterocycles. The van der Waals surface area contributed by atoms with E-state index in [9.17, 15) is 14.4 Å². The highest BCUT2D eigenvalue weighted by atomic mass is 16.5. The second-order valence-corrected chi connectivity index (χ2v) is 12.1. The second kappa shape index (κ2) is 12.1. The van der Waals surface area contributed by atoms with E-state index in [4.69, 9.17) is 4.74 Å². The summed E-state index contributed by atoms with van der Waals surface area (Å²) in [6, 6.07) is 28.4. The number of hydrogen-bond donors (Lipinski definition) is 1. The third-order valence-corrected chi connectivity index (χ3v) is 9.31. The van der Waals surface area contributed by atoms with Crippen molar-refractivity contribution in [1.29, 1.82) is 0 Å². The lowest BCUT2D eigenvalue weighted by molar-refractivity contribution is 0.0772. The van der Waals surface area contributed by atoms with Gasteiger partial charge in [-0.2, -0.15) is 0 Å². The molecule has 45 heavy (non-hydrogen) atoms. The van der Waals surface area contributed by atoms with Crippen LogP contribution >= 0.6 is 0 Å². The molecule has 7 rings (SSSR count). The first-order chi connectivity index (χ1) is 22.0. The Labute approximate surface area is 262 Å². The van der Waals surface area contributed by atoms with E-state index >= 15 is 0 Å². The number of pyridine rings is 1. The number of piperidine rings is 1. The molecule has 2 bridgehead atoms. The number of fused-ring (bicyclic) bond motifs is 4. The molecular weight excluding hydrogens is 564 g/mol. The van der Waals surface area contributed by atoms with Gasteiger partial charge >= 0.3 is 0 Å². The van der Waals surface area contributed by atoms with Gasteiger partial charge in [0.2, 0.25) is 0 Å². The van der Waals surface area contributed by atoms with Gasteiger partial charge in [0.1, 0.15) is 5.75 Å². The molecule has 0 unspecified atom stereocenters. The topological polar surface area (TPSA) is 83.9 Å². The van der Waals surface area contributed by atoms with Crippen LogP contribution in [0.25, 0.3) is 5.57 Å². The van der Waals surface area contributed by atoms with Crippen LogP contribution in [0.15, 0.2) is 102 Å². The largest absolute Gasteiger partial charge is 0.497 e. The maximum Gasteiger partial charge on any atom is 0.255 e. The Hall–Kier alpha value is -5.11. The third-order valence-electron chi connectivity index (χ3n) is 9.31. The maximum absolute atomic E-state index is 13.8. The van der Waals surface area contributed by atoms with Gasteiger partial charge in [-0.05, 0) is 78.4 Å². The maximum atomic E-state index is 13.8. The Balaban J connectivity index is 1.18. The van der Waals surface area contributed by atoms with Crippen LogP contribution in [0, 0.1) is 5.92 Å². The number of nitrogens with zero attached hydrogens (tertiary/aromatic N) is 3. The van der Waals surface area contributed by atoms with Crippen molar-refractivity contribution in [3.05, 3.63) is 130 Å². The van der Waals surface area contributed by atoms with E-state index in [0.29, 0.717) is 48.1 Å². The highest BCUT2D eigenvalue weighted by Crippen LogP contribution is 2.39. The number of aromatic nitrogens is 1. The van der Waals surface area contributed by atoms with Gasteiger partial charge in [-0.1, -0.05) is 42.5 Å². The van der Waals surface area contributed by atoms with Gasteiger partial charge < -0.3 is 24.4 Å². The zero-order valence-corrected chi connectivity index (χ0v) is 25.3. The molecule has 2 amide bonds. The fourth-order valence-electron chi connectivity index (χ4n) is 7.03. The molecule has 1 N–H and O–H groups in total. The predicted octanol–water partition coefficient (Wildman–Crippen LogP) is 5.66. The summed E-state index contributed by atoms with van der Waals surface area (Å²) >= 11 is 0. The molecule has 0 spiro atoms. The average molecular weight is 601 g/mol. The number of hydrogen-bond acceptors (Lipinski definition) is 5. The first-order valence-electron chi connectivity index (χ1n) is 15.5. The molecule has 4 heterocycles. The first-order valence-corrected chi connectivity index (χ1v) is 15.5. The van der Waals surface area contributed by atoms with Crippen molar-refractivity contribution in [1.82, 2.24) is 9.47 Å². The minimum absolute atomic E-state index is 0.0504. The Morgan fingerprint density at radius 1 is 0.867 bits per heavy atom. The number of rotatable bonds is 6. The standard InChI is InChI=1S/C37H36N4O4/c1-45-31-13-10-28(11-14-31)36(43)38-32-21-29(37(44)39-18-16-27(17-19-39)26-6-3-2-4-7-26)12-15-34(32)40-22-25-20-30(24-40)33-8-5-9-35(42)41(33)23-25/h2-16,21,25,30H,17-20,22-24H2,1H3,(H,38,43)/t25-,30+/m1/s1. The van der Waals surface area contributed by atoms with Crippen LogP contribution < -0.4 is 20.5 Å². The van der Waals surface area contributed by atoms with E-state index in [1.54, 1.807) is 37.4 Å². The summed E-state index contributed by atoms with van der Waals surface area (Å²) < 4.78 is 7.18. The molecular formula is C37H36N4O4. The van der Waals surface area contributed by atoms with Crippen LogP contribution in [0.4, 0.5) is 11.4 Å². The zero-order chi connectivity index (χ0) is 30.9. The number of ether oxygens (including phenoxy) is 1. The normalized spacial score (nSPS) is 18.9. The van der Waals surface area contributed by atoms with E-state index in [1.165, 1.54) is 11.1 Å². The van der Waals surface area contributed by atoms with E-state index in [2.05, 4.69) is 34.5 Å². The van der Waals surface area contributed by atoms with Crippen LogP contribution in [0.3, 0.4) is 0 Å². The summed E-state index contributed by atoms with van der Waals surface area (Å²) in [5.74, 6) is 0.864. The van der Waals surface area contributed by atoms with Crippen molar-refractivity contribution in [3.63, 3.8) is 0 Å². The number of carbonyl (C=O) groups is 2. The number of anilines is 2. The van der Waals surface area contributed by atoms with Gasteiger partial charge in [-0.15, -0.1) is 0 Å². The summed E-state index contributed by atoms with van der Waals surface area (Å²) in [6.07, 6.45) is 3.95. The van der Waals surface area contributed by atoms with Crippen LogP contribution in [-0.4, -0.2) is 54.6 Å². The van der Waals surface area contributed by atoms with E-state index in [1.807, 2.05) is 51.9 Å². The average Bonchev–Trinajstić information content (AvgIpc) is 3.09. The summed E-state index contributed by atoms with van der Waals surface area (Å²) in [5, 5.41) is 3.12. The van der Waals surface area contributed by atoms with Gasteiger partial charge in [0.05, 0.1) is 18.5 Å². The summed E-state index contributed by atoms with van der Waals surface area (Å²) in [4.78, 5) is 44.0. The van der Waals surface area contributed by atoms with Crippen LogP contribution in [0.5, 0.6) is 5.75 Å². The molecule has 4 aromatic rings. The highest BCUT2D eigenvalue weighted by Gasteiger charge is 2.35. The van der Waals surface area contributed by atoms with Crippen molar-refractivity contribution in [2.75, 3.05) is 43.5 Å².